The zero-order valence-corrected chi connectivity index (χ0v) is 13.5. The number of thiophene rings is 1. The van der Waals surface area contributed by atoms with E-state index in [4.69, 9.17) is 4.99 Å². The largest absolute Gasteiger partial charge is 0.357 e. The van der Waals surface area contributed by atoms with Gasteiger partial charge in [0.25, 0.3) is 0 Å². The molecule has 1 fully saturated rings. The molecule has 0 aromatic carbocycles. The zero-order valence-electron chi connectivity index (χ0n) is 12.7. The van der Waals surface area contributed by atoms with Gasteiger partial charge in [0, 0.05) is 18.0 Å². The first-order chi connectivity index (χ1) is 9.70. The summed E-state index contributed by atoms with van der Waals surface area (Å²) in [6.07, 6.45) is 2.73. The molecule has 2 rings (SSSR count). The summed E-state index contributed by atoms with van der Waals surface area (Å²) in [4.78, 5) is 8.36. The van der Waals surface area contributed by atoms with Crippen molar-refractivity contribution in [3.8, 4) is 0 Å². The van der Waals surface area contributed by atoms with Gasteiger partial charge in [0.2, 0.25) is 0 Å². The van der Waals surface area contributed by atoms with Crippen LogP contribution in [0.3, 0.4) is 0 Å². The van der Waals surface area contributed by atoms with Crippen LogP contribution in [0.4, 0.5) is 0 Å². The second-order valence-electron chi connectivity index (χ2n) is 5.54. The molecule has 0 saturated heterocycles. The van der Waals surface area contributed by atoms with Gasteiger partial charge in [0.15, 0.2) is 5.96 Å². The summed E-state index contributed by atoms with van der Waals surface area (Å²) in [5.41, 5.74) is 0. The summed E-state index contributed by atoms with van der Waals surface area (Å²) in [5, 5.41) is 8.91. The lowest BCUT2D eigenvalue weighted by Crippen LogP contribution is -2.39. The third-order valence-electron chi connectivity index (χ3n) is 3.52. The van der Waals surface area contributed by atoms with E-state index in [0.29, 0.717) is 6.04 Å². The lowest BCUT2D eigenvalue weighted by atomic mass is 10.2. The monoisotopic (exact) mass is 294 g/mol. The minimum atomic E-state index is 0.353. The van der Waals surface area contributed by atoms with Gasteiger partial charge in [-0.25, -0.2) is 0 Å². The van der Waals surface area contributed by atoms with Crippen molar-refractivity contribution in [1.29, 1.82) is 0 Å². The van der Waals surface area contributed by atoms with Gasteiger partial charge in [-0.2, -0.15) is 0 Å². The van der Waals surface area contributed by atoms with E-state index in [-0.39, 0.29) is 0 Å². The van der Waals surface area contributed by atoms with Crippen LogP contribution in [0.2, 0.25) is 0 Å². The smallest absolute Gasteiger partial charge is 0.191 e. The van der Waals surface area contributed by atoms with Crippen LogP contribution in [-0.4, -0.2) is 44.6 Å². The predicted octanol–water partition coefficient (Wildman–Crippen LogP) is 2.32. The maximum absolute atomic E-state index is 4.75. The van der Waals surface area contributed by atoms with Crippen LogP contribution in [0.1, 0.15) is 30.7 Å². The molecule has 0 radical (unpaired) electrons. The Morgan fingerprint density at radius 2 is 2.25 bits per heavy atom. The number of aliphatic imine (C=N–C) groups is 1. The summed E-state index contributed by atoms with van der Waals surface area (Å²) in [6.45, 7) is 4.85. The fourth-order valence-corrected chi connectivity index (χ4v) is 2.98. The molecule has 1 aromatic rings. The second kappa shape index (κ2) is 7.64. The molecule has 0 spiro atoms. The van der Waals surface area contributed by atoms with Gasteiger partial charge < -0.3 is 15.5 Å². The first-order valence-electron chi connectivity index (χ1n) is 7.42. The zero-order chi connectivity index (χ0) is 14.4. The number of hydrogen-bond acceptors (Lipinski definition) is 3. The first-order valence-corrected chi connectivity index (χ1v) is 8.30. The minimum absolute atomic E-state index is 0.353. The Morgan fingerprint density at radius 1 is 1.45 bits per heavy atom. The second-order valence-corrected chi connectivity index (χ2v) is 6.52. The maximum Gasteiger partial charge on any atom is 0.191 e. The van der Waals surface area contributed by atoms with Crippen LogP contribution < -0.4 is 10.6 Å². The van der Waals surface area contributed by atoms with Crippen molar-refractivity contribution in [2.45, 2.75) is 25.8 Å². The lowest BCUT2D eigenvalue weighted by Gasteiger charge is -2.22. The van der Waals surface area contributed by atoms with E-state index in [1.165, 1.54) is 17.7 Å². The number of guanidine groups is 1. The summed E-state index contributed by atoms with van der Waals surface area (Å²) in [6, 6.07) is 4.65. The molecule has 0 aliphatic heterocycles. The molecule has 112 valence electrons. The molecular weight excluding hydrogens is 268 g/mol. The average Bonchev–Trinajstić information content (AvgIpc) is 3.10. The van der Waals surface area contributed by atoms with Gasteiger partial charge in [-0.3, -0.25) is 4.99 Å². The fraction of sp³-hybridized carbons (Fsp3) is 0.667. The van der Waals surface area contributed by atoms with Crippen molar-refractivity contribution in [2.24, 2.45) is 10.9 Å². The molecule has 0 bridgehead atoms. The SMILES string of the molecule is CCNC(=NCC(c1cccs1)N(C)C)NCC1CC1. The first kappa shape index (κ1) is 15.3. The standard InChI is InChI=1S/C15H26N4S/c1-4-16-15(17-10-12-7-8-12)18-11-13(19(2)3)14-6-5-9-20-14/h5-6,9,12-13H,4,7-8,10-11H2,1-3H3,(H2,16,17,18). The molecule has 1 aliphatic carbocycles. The van der Waals surface area contributed by atoms with E-state index in [2.05, 4.69) is 54.1 Å². The Morgan fingerprint density at radius 3 is 2.80 bits per heavy atom. The number of rotatable bonds is 7. The highest BCUT2D eigenvalue weighted by Gasteiger charge is 2.21. The number of nitrogens with zero attached hydrogens (tertiary/aromatic N) is 2. The van der Waals surface area contributed by atoms with E-state index >= 15 is 0 Å². The van der Waals surface area contributed by atoms with Crippen molar-refractivity contribution in [2.75, 3.05) is 33.7 Å². The van der Waals surface area contributed by atoms with E-state index in [0.717, 1.165) is 31.5 Å². The minimum Gasteiger partial charge on any atom is -0.357 e. The van der Waals surface area contributed by atoms with Crippen LogP contribution in [0.25, 0.3) is 0 Å². The lowest BCUT2D eigenvalue weighted by molar-refractivity contribution is 0.310. The summed E-state index contributed by atoms with van der Waals surface area (Å²) < 4.78 is 0. The molecule has 5 heteroatoms. The van der Waals surface area contributed by atoms with Crippen molar-refractivity contribution in [3.05, 3.63) is 22.4 Å². The summed E-state index contributed by atoms with van der Waals surface area (Å²) in [7, 11) is 4.23. The Bertz CT molecular complexity index is 410. The predicted molar refractivity (Wildman–Crippen MR) is 87.5 cm³/mol. The quantitative estimate of drug-likeness (QED) is 0.599. The van der Waals surface area contributed by atoms with Gasteiger partial charge in [-0.15, -0.1) is 11.3 Å². The molecule has 1 aliphatic rings. The molecule has 1 unspecified atom stereocenters. The van der Waals surface area contributed by atoms with Gasteiger partial charge in [-0.1, -0.05) is 6.07 Å². The van der Waals surface area contributed by atoms with Crippen molar-refractivity contribution in [3.63, 3.8) is 0 Å². The number of nitrogens with one attached hydrogen (secondary N) is 2. The molecule has 1 atom stereocenters. The molecule has 2 N–H and O–H groups in total. The normalized spacial score (nSPS) is 17.3. The summed E-state index contributed by atoms with van der Waals surface area (Å²) >= 11 is 1.80. The molecule has 1 heterocycles. The highest BCUT2D eigenvalue weighted by atomic mass is 32.1. The van der Waals surface area contributed by atoms with Gasteiger partial charge in [-0.05, 0) is 51.2 Å². The van der Waals surface area contributed by atoms with Crippen LogP contribution >= 0.6 is 11.3 Å². The maximum atomic E-state index is 4.75. The Balaban J connectivity index is 1.93. The van der Waals surface area contributed by atoms with Gasteiger partial charge in [0.05, 0.1) is 12.6 Å². The molecule has 1 saturated carbocycles. The highest BCUT2D eigenvalue weighted by molar-refractivity contribution is 7.10. The van der Waals surface area contributed by atoms with Crippen molar-refractivity contribution < 1.29 is 0 Å². The number of hydrogen-bond donors (Lipinski definition) is 2. The van der Waals surface area contributed by atoms with Crippen LogP contribution in [0.15, 0.2) is 22.5 Å². The van der Waals surface area contributed by atoms with E-state index < -0.39 is 0 Å². The summed E-state index contributed by atoms with van der Waals surface area (Å²) in [5.74, 6) is 1.81. The van der Waals surface area contributed by atoms with Crippen LogP contribution in [0.5, 0.6) is 0 Å². The third-order valence-corrected chi connectivity index (χ3v) is 4.49. The third kappa shape index (κ3) is 4.80. The molecule has 1 aromatic heterocycles. The van der Waals surface area contributed by atoms with Gasteiger partial charge >= 0.3 is 0 Å². The molecular formula is C15H26N4S. The molecule has 20 heavy (non-hydrogen) atoms. The Hall–Kier alpha value is -1.07. The highest BCUT2D eigenvalue weighted by Crippen LogP contribution is 2.27. The topological polar surface area (TPSA) is 39.7 Å². The Labute approximate surface area is 126 Å². The van der Waals surface area contributed by atoms with Gasteiger partial charge in [0.1, 0.15) is 0 Å². The fourth-order valence-electron chi connectivity index (χ4n) is 2.07. The molecule has 0 amide bonds. The molecule has 4 nitrogen and oxygen atoms in total. The average molecular weight is 294 g/mol. The van der Waals surface area contributed by atoms with Crippen LogP contribution in [-0.2, 0) is 0 Å². The van der Waals surface area contributed by atoms with Crippen LogP contribution in [0, 0.1) is 5.92 Å². The Kier molecular flexibility index (Phi) is 5.86. The van der Waals surface area contributed by atoms with E-state index in [1.54, 1.807) is 11.3 Å². The number of likely N-dealkylation sites (N-methyl/N-ethyl adjacent to an activating group) is 1. The van der Waals surface area contributed by atoms with Crippen molar-refractivity contribution in [1.82, 2.24) is 15.5 Å². The van der Waals surface area contributed by atoms with E-state index in [9.17, 15) is 0 Å². The van der Waals surface area contributed by atoms with E-state index in [1.807, 2.05) is 0 Å². The van der Waals surface area contributed by atoms with Crippen molar-refractivity contribution >= 4 is 17.3 Å².